The molecule has 2 rings (SSSR count). The van der Waals surface area contributed by atoms with Gasteiger partial charge in [-0.3, -0.25) is 4.57 Å². The van der Waals surface area contributed by atoms with Crippen molar-refractivity contribution in [1.82, 2.24) is 20.2 Å². The van der Waals surface area contributed by atoms with Crippen LogP contribution in [0.25, 0.3) is 0 Å². The standard InChI is InChI=1S/C14H23F2N5/c1-2-17-14(20-11-6-4-3-5-7-11)19-10-12-18-8-9-21(12)13(15)16/h8-9,11,13H,2-7,10H2,1H3,(H2,17,19,20). The molecule has 0 bridgehead atoms. The molecule has 0 saturated heterocycles. The first-order valence-electron chi connectivity index (χ1n) is 7.55. The van der Waals surface area contributed by atoms with Crippen LogP contribution in [0.4, 0.5) is 8.78 Å². The molecule has 0 amide bonds. The van der Waals surface area contributed by atoms with Crippen LogP contribution in [0.3, 0.4) is 0 Å². The molecule has 1 aliphatic carbocycles. The second-order valence-electron chi connectivity index (χ2n) is 5.20. The highest BCUT2D eigenvalue weighted by Crippen LogP contribution is 2.17. The van der Waals surface area contributed by atoms with Crippen LogP contribution in [0.1, 0.15) is 51.4 Å². The molecule has 0 unspecified atom stereocenters. The number of guanidine groups is 1. The fourth-order valence-corrected chi connectivity index (χ4v) is 2.55. The normalized spacial score (nSPS) is 17.2. The van der Waals surface area contributed by atoms with Gasteiger partial charge in [-0.2, -0.15) is 8.78 Å². The average Bonchev–Trinajstić information content (AvgIpc) is 2.95. The zero-order valence-corrected chi connectivity index (χ0v) is 12.4. The summed E-state index contributed by atoms with van der Waals surface area (Å²) < 4.78 is 26.3. The Morgan fingerprint density at radius 1 is 1.43 bits per heavy atom. The molecular formula is C14H23F2N5. The zero-order valence-electron chi connectivity index (χ0n) is 12.4. The summed E-state index contributed by atoms with van der Waals surface area (Å²) in [7, 11) is 0. The van der Waals surface area contributed by atoms with Crippen LogP contribution in [0.2, 0.25) is 0 Å². The minimum Gasteiger partial charge on any atom is -0.357 e. The first-order chi connectivity index (χ1) is 10.2. The maximum atomic E-state index is 12.7. The van der Waals surface area contributed by atoms with Crippen LogP contribution < -0.4 is 10.6 Å². The second kappa shape index (κ2) is 7.95. The van der Waals surface area contributed by atoms with Gasteiger partial charge in [0.05, 0.1) is 0 Å². The van der Waals surface area contributed by atoms with Gasteiger partial charge in [-0.25, -0.2) is 9.98 Å². The Bertz CT molecular complexity index is 452. The van der Waals surface area contributed by atoms with E-state index in [0.29, 0.717) is 12.0 Å². The van der Waals surface area contributed by atoms with Crippen LogP contribution in [0.15, 0.2) is 17.4 Å². The summed E-state index contributed by atoms with van der Waals surface area (Å²) in [6, 6.07) is 0.423. The predicted molar refractivity (Wildman–Crippen MR) is 78.3 cm³/mol. The molecular weight excluding hydrogens is 276 g/mol. The minimum absolute atomic E-state index is 0.138. The Hall–Kier alpha value is -1.66. The third-order valence-electron chi connectivity index (χ3n) is 3.63. The number of hydrogen-bond donors (Lipinski definition) is 2. The topological polar surface area (TPSA) is 54.2 Å². The summed E-state index contributed by atoms with van der Waals surface area (Å²) in [5.74, 6) is 0.944. The molecule has 2 N–H and O–H groups in total. The van der Waals surface area contributed by atoms with Gasteiger partial charge < -0.3 is 10.6 Å². The highest BCUT2D eigenvalue weighted by molar-refractivity contribution is 5.80. The largest absolute Gasteiger partial charge is 0.357 e. The lowest BCUT2D eigenvalue weighted by Crippen LogP contribution is -2.44. The number of aromatic nitrogens is 2. The number of nitrogens with one attached hydrogen (secondary N) is 2. The van der Waals surface area contributed by atoms with Crippen molar-refractivity contribution in [2.45, 2.75) is 58.2 Å². The van der Waals surface area contributed by atoms with Crippen molar-refractivity contribution in [3.8, 4) is 0 Å². The molecule has 5 nitrogen and oxygen atoms in total. The first kappa shape index (κ1) is 15.7. The summed E-state index contributed by atoms with van der Waals surface area (Å²) in [6.07, 6.45) is 8.67. The maximum absolute atomic E-state index is 12.7. The molecule has 1 fully saturated rings. The maximum Gasteiger partial charge on any atom is 0.319 e. The number of aliphatic imine (C=N–C) groups is 1. The van der Waals surface area contributed by atoms with E-state index in [1.165, 1.54) is 31.7 Å². The SMILES string of the molecule is CCNC(=NCc1nccn1C(F)F)NC1CCCCC1. The van der Waals surface area contributed by atoms with E-state index < -0.39 is 6.55 Å². The molecule has 1 aliphatic rings. The number of alkyl halides is 2. The number of hydrogen-bond acceptors (Lipinski definition) is 2. The molecule has 0 aliphatic heterocycles. The molecule has 0 spiro atoms. The van der Waals surface area contributed by atoms with E-state index in [2.05, 4.69) is 20.6 Å². The van der Waals surface area contributed by atoms with Gasteiger partial charge in [0.15, 0.2) is 5.96 Å². The molecule has 7 heteroatoms. The Kier molecular flexibility index (Phi) is 5.95. The number of rotatable bonds is 5. The van der Waals surface area contributed by atoms with Gasteiger partial charge in [-0.15, -0.1) is 0 Å². The smallest absolute Gasteiger partial charge is 0.319 e. The Labute approximate surface area is 123 Å². The van der Waals surface area contributed by atoms with Gasteiger partial charge in [0.25, 0.3) is 0 Å². The Morgan fingerprint density at radius 3 is 2.86 bits per heavy atom. The van der Waals surface area contributed by atoms with Crippen molar-refractivity contribution in [3.63, 3.8) is 0 Å². The van der Waals surface area contributed by atoms with E-state index >= 15 is 0 Å². The number of halogens is 2. The molecule has 0 radical (unpaired) electrons. The molecule has 118 valence electrons. The monoisotopic (exact) mass is 299 g/mol. The molecule has 21 heavy (non-hydrogen) atoms. The third-order valence-corrected chi connectivity index (χ3v) is 3.63. The predicted octanol–water partition coefficient (Wildman–Crippen LogP) is 2.67. The number of imidazole rings is 1. The van der Waals surface area contributed by atoms with Crippen LogP contribution in [-0.4, -0.2) is 28.1 Å². The highest BCUT2D eigenvalue weighted by atomic mass is 19.3. The van der Waals surface area contributed by atoms with E-state index in [-0.39, 0.29) is 12.4 Å². The van der Waals surface area contributed by atoms with E-state index in [9.17, 15) is 8.78 Å². The van der Waals surface area contributed by atoms with Crippen molar-refractivity contribution < 1.29 is 8.78 Å². The van der Waals surface area contributed by atoms with Gasteiger partial charge in [0.1, 0.15) is 12.4 Å². The molecule has 0 aromatic carbocycles. The lowest BCUT2D eigenvalue weighted by molar-refractivity contribution is 0.0671. The van der Waals surface area contributed by atoms with Crippen molar-refractivity contribution >= 4 is 5.96 Å². The van der Waals surface area contributed by atoms with Gasteiger partial charge >= 0.3 is 6.55 Å². The van der Waals surface area contributed by atoms with Crippen molar-refractivity contribution in [2.75, 3.05) is 6.54 Å². The van der Waals surface area contributed by atoms with Crippen molar-refractivity contribution in [3.05, 3.63) is 18.2 Å². The van der Waals surface area contributed by atoms with Crippen LogP contribution in [-0.2, 0) is 6.54 Å². The average molecular weight is 299 g/mol. The van der Waals surface area contributed by atoms with E-state index in [4.69, 9.17) is 0 Å². The fraction of sp³-hybridized carbons (Fsp3) is 0.714. The molecule has 1 saturated carbocycles. The van der Waals surface area contributed by atoms with Gasteiger partial charge in [0.2, 0.25) is 0 Å². The summed E-state index contributed by atoms with van der Waals surface area (Å²) in [6.45, 7) is 0.283. The lowest BCUT2D eigenvalue weighted by Gasteiger charge is -2.24. The van der Waals surface area contributed by atoms with Crippen LogP contribution in [0.5, 0.6) is 0 Å². The summed E-state index contributed by atoms with van der Waals surface area (Å²) in [5, 5.41) is 6.54. The third kappa shape index (κ3) is 4.68. The fourth-order valence-electron chi connectivity index (χ4n) is 2.55. The Balaban J connectivity index is 1.97. The van der Waals surface area contributed by atoms with E-state index in [0.717, 1.165) is 24.0 Å². The Morgan fingerprint density at radius 2 is 2.19 bits per heavy atom. The zero-order chi connectivity index (χ0) is 15.1. The van der Waals surface area contributed by atoms with Crippen LogP contribution in [0, 0.1) is 0 Å². The molecule has 1 heterocycles. The van der Waals surface area contributed by atoms with Crippen molar-refractivity contribution in [2.24, 2.45) is 4.99 Å². The molecule has 0 atom stereocenters. The van der Waals surface area contributed by atoms with Crippen LogP contribution >= 0.6 is 0 Å². The van der Waals surface area contributed by atoms with Gasteiger partial charge in [-0.05, 0) is 19.8 Å². The van der Waals surface area contributed by atoms with Crippen molar-refractivity contribution in [1.29, 1.82) is 0 Å². The highest BCUT2D eigenvalue weighted by Gasteiger charge is 2.15. The summed E-state index contributed by atoms with van der Waals surface area (Å²) in [4.78, 5) is 8.31. The van der Waals surface area contributed by atoms with Gasteiger partial charge in [-0.1, -0.05) is 19.3 Å². The van der Waals surface area contributed by atoms with E-state index in [1.54, 1.807) is 0 Å². The quantitative estimate of drug-likeness (QED) is 0.649. The summed E-state index contributed by atoms with van der Waals surface area (Å²) in [5.41, 5.74) is 0. The molecule has 1 aromatic heterocycles. The minimum atomic E-state index is -2.58. The summed E-state index contributed by atoms with van der Waals surface area (Å²) >= 11 is 0. The second-order valence-corrected chi connectivity index (χ2v) is 5.20. The molecule has 1 aromatic rings. The number of nitrogens with zero attached hydrogens (tertiary/aromatic N) is 3. The lowest BCUT2D eigenvalue weighted by atomic mass is 9.96. The first-order valence-corrected chi connectivity index (χ1v) is 7.55. The van der Waals surface area contributed by atoms with E-state index in [1.807, 2.05) is 6.92 Å². The van der Waals surface area contributed by atoms with Gasteiger partial charge in [0, 0.05) is 25.0 Å².